The van der Waals surface area contributed by atoms with Gasteiger partial charge in [0.05, 0.1) is 50.1 Å². The highest BCUT2D eigenvalue weighted by Gasteiger charge is 2.40. The average molecular weight is 1760 g/mol. The third kappa shape index (κ3) is 43.2. The van der Waals surface area contributed by atoms with E-state index in [2.05, 4.69) is 106 Å². The van der Waals surface area contributed by atoms with Crippen LogP contribution in [0.5, 0.6) is 0 Å². The average Bonchev–Trinajstić information content (AvgIpc) is 1.07. The van der Waals surface area contributed by atoms with E-state index in [1.54, 1.807) is 41.5 Å². The molecule has 50 heteroatoms. The van der Waals surface area contributed by atoms with Crippen LogP contribution in [0.4, 0.5) is 0 Å². The number of carbonyl (C=O) groups is 18. The summed E-state index contributed by atoms with van der Waals surface area (Å²) in [6.07, 6.45) is -2.45. The van der Waals surface area contributed by atoms with Gasteiger partial charge in [-0.25, -0.2) is 9.78 Å². The van der Waals surface area contributed by atoms with Gasteiger partial charge in [-0.3, -0.25) is 97.7 Å². The van der Waals surface area contributed by atoms with Gasteiger partial charge in [-0.1, -0.05) is 48.0 Å². The number of aromatic amines is 1. The predicted octanol–water partition coefficient (Wildman–Crippen LogP) is -8.91. The van der Waals surface area contributed by atoms with Crippen LogP contribution in [0.25, 0.3) is 0 Å². The van der Waals surface area contributed by atoms with Crippen molar-refractivity contribution in [2.24, 2.45) is 40.7 Å². The maximum absolute atomic E-state index is 14.8. The number of carboxylic acids is 4. The standard InChI is InChI=1S/C74H127N27O23/c1-8-38(6)57(100-60(112)41-16-11-23-83-41)70(122)99-51(31-56(109)110)68(120)95-45(20-21-54(105)106)62(114)98-50(30-55(107)108)67(119)94-44(18-13-25-85-73(78)79)61(113)96-48(28-37(4)5)65(117)97-49(29-40-32-82-35-89-40)66(118)93-43(15-9-10-22-75)63(115)101-58(39(7)102)69(121)88-34-53(104)91-47(27-36(2)3)64(116)92-42(17-12-24-84-72(76)77)59(111)87-33-52(103)90-46(71(123)124)19-14-26-86-74(80)81/h32,35-39,41-51,57-58,83,102H,8-31,33-34,75H2,1-7H3,(H,82,89)(H,87,111)(H,88,121)(H,90,103)(H,91,104)(H,92,116)(H,93,118)(H,94,119)(H,95,120)(H,96,113)(H,97,117)(H,98,114)(H,99,122)(H,100,112)(H,101,115)(H,105,106)(H,107,108)(H,109,110)(H,123,124)(H4,76,77,84)(H4,78,79,85)(H4,80,81,86)/t38-,39+,41-,42-,43-,44-,45-,46-,47-,48-,49-,50-,51-,57-,58-/m0/s1. The number of carbonyl (C=O) groups excluding carboxylic acids is 14. The molecule has 35 N–H and O–H groups in total. The summed E-state index contributed by atoms with van der Waals surface area (Å²) >= 11 is 0. The zero-order chi connectivity index (χ0) is 93.5. The summed E-state index contributed by atoms with van der Waals surface area (Å²) in [6, 6.07) is -20.8. The summed E-state index contributed by atoms with van der Waals surface area (Å²) in [6.45, 7) is 10.2. The molecule has 124 heavy (non-hydrogen) atoms. The van der Waals surface area contributed by atoms with Crippen LogP contribution >= 0.6 is 0 Å². The topological polar surface area (TPSA) is 829 Å². The van der Waals surface area contributed by atoms with E-state index in [9.17, 15) is 112 Å². The Bertz CT molecular complexity index is 3790. The number of aliphatic carboxylic acids is 4. The molecule has 1 aliphatic rings. The molecule has 0 radical (unpaired) electrons. The lowest BCUT2D eigenvalue weighted by Gasteiger charge is -2.29. The van der Waals surface area contributed by atoms with Gasteiger partial charge in [-0.05, 0) is 128 Å². The number of nitrogens with one attached hydrogen (secondary N) is 22. The zero-order valence-electron chi connectivity index (χ0n) is 70.7. The maximum Gasteiger partial charge on any atom is 0.326 e. The second kappa shape index (κ2) is 56.9. The molecule has 15 atom stereocenters. The van der Waals surface area contributed by atoms with E-state index in [4.69, 9.17) is 39.2 Å². The Balaban J connectivity index is 2.50. The number of H-pyrrole nitrogens is 1. The molecule has 1 aromatic heterocycles. The van der Waals surface area contributed by atoms with Crippen molar-refractivity contribution in [3.05, 3.63) is 18.2 Å². The molecule has 0 saturated carbocycles. The molecule has 1 saturated heterocycles. The van der Waals surface area contributed by atoms with Gasteiger partial charge < -0.3 is 149 Å². The number of aliphatic hydroxyl groups is 1. The number of nitrogens with two attached hydrogens (primary N) is 4. The van der Waals surface area contributed by atoms with Crippen molar-refractivity contribution in [3.8, 4) is 0 Å². The number of imidazole rings is 1. The summed E-state index contributed by atoms with van der Waals surface area (Å²) in [5.74, 6) is -23.7. The molecular formula is C74H127N27O23. The summed E-state index contributed by atoms with van der Waals surface area (Å²) in [7, 11) is 0. The van der Waals surface area contributed by atoms with Gasteiger partial charge in [0.15, 0.2) is 17.9 Å². The number of rotatable bonds is 61. The highest BCUT2D eigenvalue weighted by molar-refractivity contribution is 6.01. The molecule has 0 aromatic carbocycles. The van der Waals surface area contributed by atoms with Crippen molar-refractivity contribution in [2.45, 2.75) is 255 Å². The molecule has 50 nitrogen and oxygen atoms in total. The van der Waals surface area contributed by atoms with Crippen LogP contribution in [0.1, 0.15) is 170 Å². The van der Waals surface area contributed by atoms with Crippen LogP contribution in [0.3, 0.4) is 0 Å². The fourth-order valence-corrected chi connectivity index (χ4v) is 12.4. The number of amides is 14. The van der Waals surface area contributed by atoms with E-state index in [0.717, 1.165) is 6.92 Å². The van der Waals surface area contributed by atoms with Crippen molar-refractivity contribution in [1.82, 2.24) is 106 Å². The van der Waals surface area contributed by atoms with Gasteiger partial charge in [-0.2, -0.15) is 0 Å². The lowest BCUT2D eigenvalue weighted by molar-refractivity contribution is -0.142. The Morgan fingerprint density at radius 1 is 0.452 bits per heavy atom. The monoisotopic (exact) mass is 1760 g/mol. The summed E-state index contributed by atoms with van der Waals surface area (Å²) in [4.78, 5) is 252. The highest BCUT2D eigenvalue weighted by atomic mass is 16.4. The number of nitrogens with zero attached hydrogens (tertiary/aromatic N) is 1. The first kappa shape index (κ1) is 107. The highest BCUT2D eigenvalue weighted by Crippen LogP contribution is 2.16. The Labute approximate surface area is 715 Å². The van der Waals surface area contributed by atoms with E-state index in [-0.39, 0.29) is 114 Å². The largest absolute Gasteiger partial charge is 0.481 e. The number of hydrogen-bond acceptors (Lipinski definition) is 25. The summed E-state index contributed by atoms with van der Waals surface area (Å²) in [5, 5.41) is 117. The number of carboxylic acid groups (broad SMARTS) is 4. The fraction of sp³-hybridized carbons (Fsp3) is 0.676. The van der Waals surface area contributed by atoms with E-state index < -0.39 is 260 Å². The summed E-state index contributed by atoms with van der Waals surface area (Å²) < 4.78 is 0. The molecule has 2 rings (SSSR count). The molecule has 0 bridgehead atoms. The van der Waals surface area contributed by atoms with Crippen molar-refractivity contribution in [1.29, 1.82) is 16.2 Å². The quantitative estimate of drug-likeness (QED) is 0.0164. The lowest BCUT2D eigenvalue weighted by atomic mass is 9.97. The van der Waals surface area contributed by atoms with E-state index in [0.29, 0.717) is 25.8 Å². The van der Waals surface area contributed by atoms with Crippen LogP contribution in [-0.2, 0) is 92.7 Å². The third-order valence-corrected chi connectivity index (χ3v) is 19.1. The lowest BCUT2D eigenvalue weighted by Crippen LogP contribution is -2.61. The van der Waals surface area contributed by atoms with Gasteiger partial charge >= 0.3 is 23.9 Å². The minimum Gasteiger partial charge on any atom is -0.481 e. The van der Waals surface area contributed by atoms with Crippen molar-refractivity contribution >= 4 is 124 Å². The third-order valence-electron chi connectivity index (χ3n) is 19.1. The smallest absolute Gasteiger partial charge is 0.326 e. The zero-order valence-corrected chi connectivity index (χ0v) is 70.7. The number of guanidine groups is 3. The minimum atomic E-state index is -2.16. The van der Waals surface area contributed by atoms with E-state index in [1.807, 2.05) is 0 Å². The Morgan fingerprint density at radius 3 is 1.27 bits per heavy atom. The van der Waals surface area contributed by atoms with Gasteiger partial charge in [0.1, 0.15) is 72.5 Å². The van der Waals surface area contributed by atoms with E-state index in [1.165, 1.54) is 12.5 Å². The van der Waals surface area contributed by atoms with Crippen LogP contribution in [0, 0.1) is 34.0 Å². The first-order valence-corrected chi connectivity index (χ1v) is 40.8. The normalized spacial score (nSPS) is 15.6. The number of unbranched alkanes of at least 4 members (excludes halogenated alkanes) is 1. The fourth-order valence-electron chi connectivity index (χ4n) is 12.4. The Hall–Kier alpha value is -12.6. The second-order valence-corrected chi connectivity index (χ2v) is 30.6. The van der Waals surface area contributed by atoms with Crippen molar-refractivity contribution in [2.75, 3.05) is 45.8 Å². The molecule has 0 aliphatic carbocycles. The van der Waals surface area contributed by atoms with Crippen LogP contribution in [0.2, 0.25) is 0 Å². The van der Waals surface area contributed by atoms with E-state index >= 15 is 0 Å². The molecule has 1 aromatic rings. The number of aliphatic hydroxyl groups excluding tert-OH is 1. The first-order valence-electron chi connectivity index (χ1n) is 40.8. The molecule has 0 unspecified atom stereocenters. The number of aromatic nitrogens is 2. The molecular weight excluding hydrogens is 1630 g/mol. The predicted molar refractivity (Wildman–Crippen MR) is 442 cm³/mol. The van der Waals surface area contributed by atoms with Crippen molar-refractivity contribution in [3.63, 3.8) is 0 Å². The van der Waals surface area contributed by atoms with Gasteiger partial charge in [-0.15, -0.1) is 0 Å². The van der Waals surface area contributed by atoms with Gasteiger partial charge in [0, 0.05) is 38.7 Å². The SMILES string of the molecule is CC[C@H](C)[C@H](NC(=O)[C@@H]1CCCN1)C(=O)N[C@@H](CC(=O)O)C(=O)N[C@@H](CCC(=O)O)C(=O)N[C@@H](CC(=O)O)C(=O)N[C@@H](CCCNC(=N)N)C(=O)N[C@@H](CC(C)C)C(=O)N[C@@H](Cc1c[nH]cn1)C(=O)N[C@@H](CCCCN)C(=O)N[C@H](C(=O)NCC(=O)N[C@@H](CC(C)C)C(=O)N[C@@H](CCCNC(=N)N)C(=O)NCC(=O)N[C@@H](CCCNC(=N)N)C(=O)O)[C@@H](C)O. The minimum absolute atomic E-state index is 0.0513. The molecule has 0 spiro atoms. The Kier molecular flexibility index (Phi) is 49.3. The molecule has 1 fully saturated rings. The summed E-state index contributed by atoms with van der Waals surface area (Å²) in [5.41, 5.74) is 22.1. The van der Waals surface area contributed by atoms with Crippen LogP contribution in [0.15, 0.2) is 12.5 Å². The van der Waals surface area contributed by atoms with Gasteiger partial charge in [0.25, 0.3) is 0 Å². The second-order valence-electron chi connectivity index (χ2n) is 30.6. The van der Waals surface area contributed by atoms with Crippen LogP contribution in [-0.4, -0.2) is 290 Å². The molecule has 696 valence electrons. The maximum atomic E-state index is 14.8. The number of hydrogen-bond donors (Lipinski definition) is 31. The molecule has 2 heterocycles. The Morgan fingerprint density at radius 2 is 0.847 bits per heavy atom. The van der Waals surface area contributed by atoms with Gasteiger partial charge in [0.2, 0.25) is 82.7 Å². The first-order chi connectivity index (χ1) is 58.4. The van der Waals surface area contributed by atoms with Crippen LogP contribution < -0.4 is 119 Å². The van der Waals surface area contributed by atoms with Crippen molar-refractivity contribution < 1.29 is 112 Å². The molecule has 1 aliphatic heterocycles. The molecule has 14 amide bonds.